The SMILES string of the molecule is COC(=O)[C@H](NC(=O)c1cnc(C)cn1)c1ccc(OC)c(OC)c1. The van der Waals surface area contributed by atoms with Crippen molar-refractivity contribution in [1.82, 2.24) is 15.3 Å². The Labute approximate surface area is 145 Å². The number of carbonyl (C=O) groups is 2. The molecule has 2 aromatic rings. The topological polar surface area (TPSA) is 99.6 Å². The monoisotopic (exact) mass is 345 g/mol. The highest BCUT2D eigenvalue weighted by Gasteiger charge is 2.26. The summed E-state index contributed by atoms with van der Waals surface area (Å²) in [7, 11) is 4.23. The van der Waals surface area contributed by atoms with Crippen molar-refractivity contribution in [3.8, 4) is 11.5 Å². The van der Waals surface area contributed by atoms with Gasteiger partial charge < -0.3 is 19.5 Å². The molecule has 0 aliphatic heterocycles. The first-order valence-electron chi connectivity index (χ1n) is 7.39. The van der Waals surface area contributed by atoms with Gasteiger partial charge in [-0.15, -0.1) is 0 Å². The molecule has 1 atom stereocenters. The minimum absolute atomic E-state index is 0.0972. The zero-order valence-electron chi connectivity index (χ0n) is 14.4. The van der Waals surface area contributed by atoms with E-state index in [1.165, 1.54) is 33.7 Å². The van der Waals surface area contributed by atoms with Gasteiger partial charge >= 0.3 is 5.97 Å². The highest BCUT2D eigenvalue weighted by Crippen LogP contribution is 2.30. The van der Waals surface area contributed by atoms with Crippen LogP contribution < -0.4 is 14.8 Å². The fourth-order valence-electron chi connectivity index (χ4n) is 2.14. The summed E-state index contributed by atoms with van der Waals surface area (Å²) in [6.07, 6.45) is 2.81. The number of hydrogen-bond acceptors (Lipinski definition) is 7. The summed E-state index contributed by atoms with van der Waals surface area (Å²) >= 11 is 0. The Hall–Kier alpha value is -3.16. The van der Waals surface area contributed by atoms with Gasteiger partial charge in [-0.25, -0.2) is 9.78 Å². The number of rotatable bonds is 6. The molecule has 0 unspecified atom stereocenters. The summed E-state index contributed by atoms with van der Waals surface area (Å²) in [6.45, 7) is 1.76. The summed E-state index contributed by atoms with van der Waals surface area (Å²) < 4.78 is 15.2. The molecule has 0 aliphatic carbocycles. The van der Waals surface area contributed by atoms with Crippen molar-refractivity contribution in [3.63, 3.8) is 0 Å². The Morgan fingerprint density at radius 3 is 2.32 bits per heavy atom. The zero-order valence-corrected chi connectivity index (χ0v) is 14.4. The van der Waals surface area contributed by atoms with Crippen LogP contribution in [0.15, 0.2) is 30.6 Å². The minimum Gasteiger partial charge on any atom is -0.493 e. The van der Waals surface area contributed by atoms with Crippen molar-refractivity contribution in [3.05, 3.63) is 47.5 Å². The molecule has 2 rings (SSSR count). The second-order valence-corrected chi connectivity index (χ2v) is 5.09. The number of aromatic nitrogens is 2. The van der Waals surface area contributed by atoms with E-state index in [1.807, 2.05) is 0 Å². The Kier molecular flexibility index (Phi) is 5.89. The molecular formula is C17H19N3O5. The molecule has 0 saturated carbocycles. The van der Waals surface area contributed by atoms with Crippen LogP contribution in [0.5, 0.6) is 11.5 Å². The van der Waals surface area contributed by atoms with E-state index >= 15 is 0 Å². The van der Waals surface area contributed by atoms with E-state index in [2.05, 4.69) is 15.3 Å². The van der Waals surface area contributed by atoms with Gasteiger partial charge in [0.2, 0.25) is 0 Å². The van der Waals surface area contributed by atoms with Crippen LogP contribution in [-0.4, -0.2) is 43.2 Å². The fourth-order valence-corrected chi connectivity index (χ4v) is 2.14. The molecule has 8 nitrogen and oxygen atoms in total. The molecule has 1 aromatic carbocycles. The number of methoxy groups -OCH3 is 3. The van der Waals surface area contributed by atoms with Crippen molar-refractivity contribution >= 4 is 11.9 Å². The maximum absolute atomic E-state index is 12.4. The van der Waals surface area contributed by atoms with E-state index in [0.29, 0.717) is 22.8 Å². The molecule has 132 valence electrons. The molecule has 0 radical (unpaired) electrons. The first-order valence-corrected chi connectivity index (χ1v) is 7.39. The molecule has 1 N–H and O–H groups in total. The van der Waals surface area contributed by atoms with Crippen molar-refractivity contribution < 1.29 is 23.8 Å². The lowest BCUT2D eigenvalue weighted by Crippen LogP contribution is -2.35. The third kappa shape index (κ3) is 4.23. The van der Waals surface area contributed by atoms with Crippen LogP contribution in [0, 0.1) is 6.92 Å². The van der Waals surface area contributed by atoms with Gasteiger partial charge in [0.15, 0.2) is 17.5 Å². The maximum atomic E-state index is 12.4. The number of nitrogens with zero attached hydrogens (tertiary/aromatic N) is 2. The largest absolute Gasteiger partial charge is 0.493 e. The summed E-state index contributed by atoms with van der Waals surface area (Å²) in [5.41, 5.74) is 1.26. The number of carbonyl (C=O) groups excluding carboxylic acids is 2. The number of esters is 1. The Bertz CT molecular complexity index is 761. The highest BCUT2D eigenvalue weighted by molar-refractivity contribution is 5.95. The van der Waals surface area contributed by atoms with Crippen molar-refractivity contribution in [2.45, 2.75) is 13.0 Å². The summed E-state index contributed by atoms with van der Waals surface area (Å²) in [4.78, 5) is 32.5. The number of nitrogens with one attached hydrogen (secondary N) is 1. The van der Waals surface area contributed by atoms with E-state index in [1.54, 1.807) is 25.1 Å². The van der Waals surface area contributed by atoms with Gasteiger partial charge in [0, 0.05) is 6.20 Å². The van der Waals surface area contributed by atoms with Crippen LogP contribution in [0.1, 0.15) is 27.8 Å². The molecule has 0 bridgehead atoms. The Morgan fingerprint density at radius 1 is 1.04 bits per heavy atom. The average Bonchev–Trinajstić information content (AvgIpc) is 2.65. The van der Waals surface area contributed by atoms with Crippen molar-refractivity contribution in [1.29, 1.82) is 0 Å². The number of amides is 1. The lowest BCUT2D eigenvalue weighted by molar-refractivity contribution is -0.143. The van der Waals surface area contributed by atoms with Crippen LogP contribution in [0.4, 0.5) is 0 Å². The van der Waals surface area contributed by atoms with E-state index in [0.717, 1.165) is 0 Å². The number of hydrogen-bond donors (Lipinski definition) is 1. The van der Waals surface area contributed by atoms with Gasteiger partial charge in [0.05, 0.1) is 33.2 Å². The highest BCUT2D eigenvalue weighted by atomic mass is 16.5. The second-order valence-electron chi connectivity index (χ2n) is 5.09. The molecule has 0 spiro atoms. The number of aryl methyl sites for hydroxylation is 1. The molecule has 1 heterocycles. The first-order chi connectivity index (χ1) is 12.0. The molecule has 0 saturated heterocycles. The molecule has 1 amide bonds. The van der Waals surface area contributed by atoms with E-state index in [-0.39, 0.29) is 5.69 Å². The summed E-state index contributed by atoms with van der Waals surface area (Å²) in [5.74, 6) is -0.234. The molecule has 1 aromatic heterocycles. The van der Waals surface area contributed by atoms with Crippen LogP contribution in [0.25, 0.3) is 0 Å². The van der Waals surface area contributed by atoms with E-state index in [9.17, 15) is 9.59 Å². The van der Waals surface area contributed by atoms with Gasteiger partial charge in [0.1, 0.15) is 5.69 Å². The van der Waals surface area contributed by atoms with Crippen LogP contribution in [0.3, 0.4) is 0 Å². The molecular weight excluding hydrogens is 326 g/mol. The molecule has 25 heavy (non-hydrogen) atoms. The van der Waals surface area contributed by atoms with Crippen LogP contribution >= 0.6 is 0 Å². The average molecular weight is 345 g/mol. The predicted octanol–water partition coefficient (Wildman–Crippen LogP) is 1.45. The van der Waals surface area contributed by atoms with Crippen LogP contribution in [-0.2, 0) is 9.53 Å². The van der Waals surface area contributed by atoms with Gasteiger partial charge in [-0.1, -0.05) is 6.07 Å². The number of ether oxygens (including phenoxy) is 3. The first kappa shape index (κ1) is 18.2. The molecule has 8 heteroatoms. The zero-order chi connectivity index (χ0) is 18.4. The lowest BCUT2D eigenvalue weighted by Gasteiger charge is -2.18. The minimum atomic E-state index is -1.03. The van der Waals surface area contributed by atoms with Gasteiger partial charge in [0.25, 0.3) is 5.91 Å². The van der Waals surface area contributed by atoms with E-state index in [4.69, 9.17) is 14.2 Å². The molecule has 0 fully saturated rings. The van der Waals surface area contributed by atoms with Gasteiger partial charge in [-0.3, -0.25) is 9.78 Å². The van der Waals surface area contributed by atoms with Gasteiger partial charge in [-0.05, 0) is 24.6 Å². The predicted molar refractivity (Wildman–Crippen MR) is 88.5 cm³/mol. The lowest BCUT2D eigenvalue weighted by atomic mass is 10.1. The third-order valence-corrected chi connectivity index (χ3v) is 3.47. The van der Waals surface area contributed by atoms with Crippen molar-refractivity contribution in [2.75, 3.05) is 21.3 Å². The molecule has 0 aliphatic rings. The number of benzene rings is 1. The summed E-state index contributed by atoms with van der Waals surface area (Å²) in [5, 5.41) is 2.60. The Morgan fingerprint density at radius 2 is 1.76 bits per heavy atom. The van der Waals surface area contributed by atoms with E-state index < -0.39 is 17.9 Å². The fraction of sp³-hybridized carbons (Fsp3) is 0.294. The second kappa shape index (κ2) is 8.09. The normalized spacial score (nSPS) is 11.4. The third-order valence-electron chi connectivity index (χ3n) is 3.47. The summed E-state index contributed by atoms with van der Waals surface area (Å²) in [6, 6.07) is 3.86. The van der Waals surface area contributed by atoms with Gasteiger partial charge in [-0.2, -0.15) is 0 Å². The van der Waals surface area contributed by atoms with Crippen LogP contribution in [0.2, 0.25) is 0 Å². The Balaban J connectivity index is 2.32. The smallest absolute Gasteiger partial charge is 0.333 e. The van der Waals surface area contributed by atoms with Crippen molar-refractivity contribution in [2.24, 2.45) is 0 Å². The quantitative estimate of drug-likeness (QED) is 0.791. The maximum Gasteiger partial charge on any atom is 0.333 e. The standard InChI is InChI=1S/C17H19N3O5/c1-10-8-19-12(9-18-10)16(21)20-15(17(22)25-4)11-5-6-13(23-2)14(7-11)24-3/h5-9,15H,1-4H3,(H,20,21)/t15-/m1/s1.